The van der Waals surface area contributed by atoms with Gasteiger partial charge in [-0.25, -0.2) is 0 Å². The van der Waals surface area contributed by atoms with Crippen LogP contribution in [0.5, 0.6) is 0 Å². The highest BCUT2D eigenvalue weighted by Gasteiger charge is 2.22. The SMILES string of the molecule is CCCCCCCCCCCCCCCCCC(=O)c1c(C)c(CCC(=O)O)n(CCCc2ccccc2)c1C. The first kappa shape index (κ1) is 33.8. The van der Waals surface area contributed by atoms with E-state index in [0.717, 1.165) is 54.7 Å². The van der Waals surface area contributed by atoms with Crippen LogP contribution in [0, 0.1) is 13.8 Å². The third-order valence-electron chi connectivity index (χ3n) is 8.45. The van der Waals surface area contributed by atoms with Gasteiger partial charge in [-0.15, -0.1) is 0 Å². The quantitative estimate of drug-likeness (QED) is 0.104. The molecule has 0 spiro atoms. The maximum Gasteiger partial charge on any atom is 0.303 e. The van der Waals surface area contributed by atoms with Crippen molar-refractivity contribution in [3.05, 3.63) is 58.4 Å². The maximum absolute atomic E-state index is 13.3. The molecule has 0 aliphatic heterocycles. The third kappa shape index (κ3) is 12.9. The minimum Gasteiger partial charge on any atom is -0.481 e. The lowest BCUT2D eigenvalue weighted by Crippen LogP contribution is -2.09. The molecule has 1 heterocycles. The van der Waals surface area contributed by atoms with Gasteiger partial charge in [0.05, 0.1) is 6.42 Å². The summed E-state index contributed by atoms with van der Waals surface area (Å²) in [7, 11) is 0. The number of benzene rings is 1. The summed E-state index contributed by atoms with van der Waals surface area (Å²) >= 11 is 0. The lowest BCUT2D eigenvalue weighted by molar-refractivity contribution is -0.137. The second-order valence-corrected chi connectivity index (χ2v) is 11.8. The Hall–Kier alpha value is -2.36. The van der Waals surface area contributed by atoms with Gasteiger partial charge in [0.25, 0.3) is 0 Å². The topological polar surface area (TPSA) is 59.3 Å². The predicted molar refractivity (Wildman–Crippen MR) is 169 cm³/mol. The highest BCUT2D eigenvalue weighted by atomic mass is 16.4. The lowest BCUT2D eigenvalue weighted by atomic mass is 9.99. The minimum atomic E-state index is -0.792. The molecule has 0 unspecified atom stereocenters. The van der Waals surface area contributed by atoms with Crippen LogP contribution in [0.4, 0.5) is 0 Å². The zero-order chi connectivity index (χ0) is 29.0. The molecule has 0 saturated heterocycles. The molecule has 0 fully saturated rings. The van der Waals surface area contributed by atoms with Gasteiger partial charge in [0.2, 0.25) is 0 Å². The van der Waals surface area contributed by atoms with E-state index in [-0.39, 0.29) is 12.2 Å². The lowest BCUT2D eigenvalue weighted by Gasteiger charge is -2.12. The molecule has 1 N–H and O–H groups in total. The van der Waals surface area contributed by atoms with Crippen molar-refractivity contribution in [1.82, 2.24) is 4.57 Å². The number of carbonyl (C=O) groups is 2. The van der Waals surface area contributed by atoms with Crippen molar-refractivity contribution >= 4 is 11.8 Å². The average Bonchev–Trinajstić information content (AvgIpc) is 3.18. The van der Waals surface area contributed by atoms with Crippen molar-refractivity contribution in [1.29, 1.82) is 0 Å². The summed E-state index contributed by atoms with van der Waals surface area (Å²) in [6.45, 7) is 7.14. The number of hydrogen-bond donors (Lipinski definition) is 1. The molecule has 4 heteroatoms. The van der Waals surface area contributed by atoms with E-state index in [1.54, 1.807) is 0 Å². The van der Waals surface area contributed by atoms with Crippen LogP contribution < -0.4 is 0 Å². The van der Waals surface area contributed by atoms with Crippen LogP contribution in [-0.2, 0) is 24.2 Å². The van der Waals surface area contributed by atoms with Crippen molar-refractivity contribution in [2.45, 2.75) is 156 Å². The summed E-state index contributed by atoms with van der Waals surface area (Å²) in [5, 5.41) is 9.29. The summed E-state index contributed by atoms with van der Waals surface area (Å²) in [6.07, 6.45) is 22.9. The van der Waals surface area contributed by atoms with Crippen LogP contribution >= 0.6 is 0 Å². The minimum absolute atomic E-state index is 0.0929. The predicted octanol–water partition coefficient (Wildman–Crippen LogP) is 10.2. The molecule has 2 aromatic rings. The van der Waals surface area contributed by atoms with Crippen LogP contribution in [-0.4, -0.2) is 21.4 Å². The third-order valence-corrected chi connectivity index (χ3v) is 8.45. The molecule has 40 heavy (non-hydrogen) atoms. The standard InChI is InChI=1S/C36H57NO3/c1-4-5-6-7-8-9-10-11-12-13-14-15-16-17-21-26-34(38)36-30(2)33(27-28-35(39)40)37(31(36)3)29-22-25-32-23-19-18-20-24-32/h18-20,23-24H,4-17,21-22,25-29H2,1-3H3,(H,39,40). The average molecular weight is 552 g/mol. The Bertz CT molecular complexity index is 976. The fourth-order valence-corrected chi connectivity index (χ4v) is 6.08. The number of carboxylic acids is 1. The van der Waals surface area contributed by atoms with E-state index in [9.17, 15) is 14.7 Å². The molecule has 0 aliphatic carbocycles. The molecular formula is C36H57NO3. The van der Waals surface area contributed by atoms with E-state index < -0.39 is 5.97 Å². The summed E-state index contributed by atoms with van der Waals surface area (Å²) in [6, 6.07) is 10.4. The number of carboxylic acid groups (broad SMARTS) is 1. The van der Waals surface area contributed by atoms with Gasteiger partial charge < -0.3 is 9.67 Å². The highest BCUT2D eigenvalue weighted by molar-refractivity contribution is 5.99. The molecule has 0 bridgehead atoms. The van der Waals surface area contributed by atoms with Gasteiger partial charge in [0.15, 0.2) is 5.78 Å². The van der Waals surface area contributed by atoms with Crippen molar-refractivity contribution in [2.24, 2.45) is 0 Å². The second kappa shape index (κ2) is 20.5. The summed E-state index contributed by atoms with van der Waals surface area (Å²) in [4.78, 5) is 24.6. The number of rotatable bonds is 24. The number of aryl methyl sites for hydroxylation is 1. The molecule has 2 rings (SSSR count). The summed E-state index contributed by atoms with van der Waals surface area (Å²) in [5.41, 5.74) is 5.17. The first-order valence-electron chi connectivity index (χ1n) is 16.4. The van der Waals surface area contributed by atoms with Gasteiger partial charge in [-0.2, -0.15) is 0 Å². The van der Waals surface area contributed by atoms with E-state index >= 15 is 0 Å². The number of nitrogens with zero attached hydrogens (tertiary/aromatic N) is 1. The summed E-state index contributed by atoms with van der Waals surface area (Å²) in [5.74, 6) is -0.567. The number of hydrogen-bond acceptors (Lipinski definition) is 2. The van der Waals surface area contributed by atoms with Gasteiger partial charge in [-0.1, -0.05) is 127 Å². The molecule has 1 aromatic heterocycles. The van der Waals surface area contributed by atoms with E-state index in [4.69, 9.17) is 0 Å². The molecule has 0 amide bonds. The Morgan fingerprint density at radius 1 is 0.675 bits per heavy atom. The van der Waals surface area contributed by atoms with E-state index in [1.165, 1.54) is 89.0 Å². The number of aliphatic carboxylic acids is 1. The van der Waals surface area contributed by atoms with Crippen LogP contribution in [0.2, 0.25) is 0 Å². The highest BCUT2D eigenvalue weighted by Crippen LogP contribution is 2.26. The van der Waals surface area contributed by atoms with Crippen LogP contribution in [0.25, 0.3) is 0 Å². The first-order chi connectivity index (χ1) is 19.5. The van der Waals surface area contributed by atoms with Gasteiger partial charge in [0, 0.05) is 29.9 Å². The van der Waals surface area contributed by atoms with Crippen molar-refractivity contribution in [2.75, 3.05) is 0 Å². The summed E-state index contributed by atoms with van der Waals surface area (Å²) < 4.78 is 2.22. The Morgan fingerprint density at radius 2 is 1.20 bits per heavy atom. The number of carbonyl (C=O) groups excluding carboxylic acids is 1. The van der Waals surface area contributed by atoms with Crippen molar-refractivity contribution < 1.29 is 14.7 Å². The number of Topliss-reactive ketones (excluding diaryl/α,β-unsaturated/α-hetero) is 1. The number of unbranched alkanes of at least 4 members (excludes halogenated alkanes) is 14. The Labute approximate surface area is 245 Å². The fourth-order valence-electron chi connectivity index (χ4n) is 6.08. The van der Waals surface area contributed by atoms with Gasteiger partial charge in [-0.3, -0.25) is 9.59 Å². The maximum atomic E-state index is 13.3. The molecule has 0 radical (unpaired) electrons. The molecule has 1 aromatic carbocycles. The molecule has 0 saturated carbocycles. The molecule has 4 nitrogen and oxygen atoms in total. The Morgan fingerprint density at radius 3 is 1.73 bits per heavy atom. The zero-order valence-corrected chi connectivity index (χ0v) is 25.9. The van der Waals surface area contributed by atoms with Gasteiger partial charge in [0.1, 0.15) is 0 Å². The van der Waals surface area contributed by atoms with E-state index in [2.05, 4.69) is 35.8 Å². The van der Waals surface area contributed by atoms with Crippen molar-refractivity contribution in [3.8, 4) is 0 Å². The number of aromatic nitrogens is 1. The van der Waals surface area contributed by atoms with E-state index in [1.807, 2.05) is 19.9 Å². The Balaban J connectivity index is 1.72. The smallest absolute Gasteiger partial charge is 0.303 e. The molecule has 0 atom stereocenters. The molecule has 0 aliphatic rings. The zero-order valence-electron chi connectivity index (χ0n) is 25.9. The first-order valence-corrected chi connectivity index (χ1v) is 16.4. The normalized spacial score (nSPS) is 11.3. The fraction of sp³-hybridized carbons (Fsp3) is 0.667. The van der Waals surface area contributed by atoms with Crippen LogP contribution in [0.15, 0.2) is 30.3 Å². The van der Waals surface area contributed by atoms with Crippen LogP contribution in [0.1, 0.15) is 155 Å². The monoisotopic (exact) mass is 551 g/mol. The second-order valence-electron chi connectivity index (χ2n) is 11.8. The van der Waals surface area contributed by atoms with Crippen molar-refractivity contribution in [3.63, 3.8) is 0 Å². The molecular weight excluding hydrogens is 494 g/mol. The van der Waals surface area contributed by atoms with E-state index in [0.29, 0.717) is 12.8 Å². The molecule has 224 valence electrons. The van der Waals surface area contributed by atoms with Gasteiger partial charge >= 0.3 is 5.97 Å². The Kier molecular flexibility index (Phi) is 17.4. The van der Waals surface area contributed by atoms with Crippen LogP contribution in [0.3, 0.4) is 0 Å². The van der Waals surface area contributed by atoms with Gasteiger partial charge in [-0.05, 0) is 50.7 Å². The number of ketones is 1. The largest absolute Gasteiger partial charge is 0.481 e.